The lowest BCUT2D eigenvalue weighted by molar-refractivity contribution is 0.312. The zero-order chi connectivity index (χ0) is 15.4. The Hall–Kier alpha value is -2.52. The van der Waals surface area contributed by atoms with E-state index in [2.05, 4.69) is 37.9 Å². The summed E-state index contributed by atoms with van der Waals surface area (Å²) in [5, 5.41) is 9.52. The molecule has 0 aliphatic carbocycles. The van der Waals surface area contributed by atoms with Gasteiger partial charge in [0.15, 0.2) is 0 Å². The molecule has 6 nitrogen and oxygen atoms in total. The molecule has 3 rings (SSSR count). The van der Waals surface area contributed by atoms with E-state index in [0.717, 1.165) is 43.3 Å². The number of hydrogen-bond donors (Lipinski definition) is 0. The molecule has 1 atom stereocenters. The number of nitriles is 1. The molecule has 0 saturated carbocycles. The van der Waals surface area contributed by atoms with Gasteiger partial charge < -0.3 is 9.80 Å². The molecule has 0 bridgehead atoms. The summed E-state index contributed by atoms with van der Waals surface area (Å²) in [6.45, 7) is 3.93. The maximum atomic E-state index is 9.52. The first-order valence-electron chi connectivity index (χ1n) is 7.33. The van der Waals surface area contributed by atoms with Crippen LogP contribution >= 0.6 is 0 Å². The molecular formula is C16H18N6. The normalized spacial score (nSPS) is 17.0. The Morgan fingerprint density at radius 1 is 1.14 bits per heavy atom. The number of rotatable bonds is 3. The van der Waals surface area contributed by atoms with Gasteiger partial charge in [0, 0.05) is 44.6 Å². The van der Waals surface area contributed by atoms with Gasteiger partial charge in [0.25, 0.3) is 0 Å². The van der Waals surface area contributed by atoms with Crippen LogP contribution in [0.25, 0.3) is 0 Å². The number of pyridine rings is 1. The standard InChI is InChI=1S/C16H18N6/c1-21-6-8-22(9-7-21)16-10-15(19-12-20-16)14(11-17)13-2-4-18-5-3-13/h2-5,10,12,14H,6-9H2,1H3. The fourth-order valence-corrected chi connectivity index (χ4v) is 2.60. The minimum atomic E-state index is -0.391. The topological polar surface area (TPSA) is 68.9 Å². The Labute approximate surface area is 130 Å². The van der Waals surface area contributed by atoms with E-state index in [4.69, 9.17) is 0 Å². The van der Waals surface area contributed by atoms with Gasteiger partial charge in [0.1, 0.15) is 18.1 Å². The highest BCUT2D eigenvalue weighted by atomic mass is 15.3. The number of aromatic nitrogens is 3. The molecule has 112 valence electrons. The van der Waals surface area contributed by atoms with E-state index in [-0.39, 0.29) is 0 Å². The van der Waals surface area contributed by atoms with Crippen molar-refractivity contribution in [3.8, 4) is 6.07 Å². The van der Waals surface area contributed by atoms with Crippen LogP contribution < -0.4 is 4.90 Å². The van der Waals surface area contributed by atoms with Gasteiger partial charge in [-0.2, -0.15) is 5.26 Å². The highest BCUT2D eigenvalue weighted by Gasteiger charge is 2.19. The molecule has 0 N–H and O–H groups in total. The maximum Gasteiger partial charge on any atom is 0.132 e. The SMILES string of the molecule is CN1CCN(c2cc(C(C#N)c3ccncc3)ncn2)CC1. The lowest BCUT2D eigenvalue weighted by atomic mass is 9.98. The van der Waals surface area contributed by atoms with Gasteiger partial charge in [-0.3, -0.25) is 4.98 Å². The summed E-state index contributed by atoms with van der Waals surface area (Å²) < 4.78 is 0. The third kappa shape index (κ3) is 3.05. The molecule has 22 heavy (non-hydrogen) atoms. The number of hydrogen-bond acceptors (Lipinski definition) is 6. The highest BCUT2D eigenvalue weighted by molar-refractivity contribution is 5.44. The van der Waals surface area contributed by atoms with Crippen LogP contribution in [0.1, 0.15) is 17.2 Å². The third-order valence-electron chi connectivity index (χ3n) is 3.97. The lowest BCUT2D eigenvalue weighted by Gasteiger charge is -2.33. The van der Waals surface area contributed by atoms with Crippen molar-refractivity contribution in [2.45, 2.75) is 5.92 Å². The number of likely N-dealkylation sites (N-methyl/N-ethyl adjacent to an activating group) is 1. The van der Waals surface area contributed by atoms with Crippen molar-refractivity contribution in [1.29, 1.82) is 5.26 Å². The van der Waals surface area contributed by atoms with Gasteiger partial charge in [-0.05, 0) is 24.7 Å². The van der Waals surface area contributed by atoms with Gasteiger partial charge >= 0.3 is 0 Å². The first kappa shape index (κ1) is 14.4. The first-order valence-corrected chi connectivity index (χ1v) is 7.33. The minimum absolute atomic E-state index is 0.391. The zero-order valence-corrected chi connectivity index (χ0v) is 12.6. The van der Waals surface area contributed by atoms with Crippen molar-refractivity contribution in [3.63, 3.8) is 0 Å². The average Bonchev–Trinajstić information content (AvgIpc) is 2.57. The number of nitrogens with zero attached hydrogens (tertiary/aromatic N) is 6. The van der Waals surface area contributed by atoms with Gasteiger partial charge in [-0.15, -0.1) is 0 Å². The van der Waals surface area contributed by atoms with Crippen LogP contribution in [0.4, 0.5) is 5.82 Å². The molecule has 1 aliphatic heterocycles. The lowest BCUT2D eigenvalue weighted by Crippen LogP contribution is -2.44. The summed E-state index contributed by atoms with van der Waals surface area (Å²) in [7, 11) is 2.12. The molecule has 1 fully saturated rings. The van der Waals surface area contributed by atoms with E-state index in [1.807, 2.05) is 18.2 Å². The van der Waals surface area contributed by atoms with Crippen LogP contribution in [0.3, 0.4) is 0 Å². The Kier molecular flexibility index (Phi) is 4.26. The Balaban J connectivity index is 1.86. The van der Waals surface area contributed by atoms with Crippen LogP contribution in [0.2, 0.25) is 0 Å². The Morgan fingerprint density at radius 2 is 1.86 bits per heavy atom. The molecule has 0 spiro atoms. The summed E-state index contributed by atoms with van der Waals surface area (Å²) in [5.41, 5.74) is 1.64. The van der Waals surface area contributed by atoms with Crippen molar-refractivity contribution >= 4 is 5.82 Å². The van der Waals surface area contributed by atoms with Crippen LogP contribution in [0.5, 0.6) is 0 Å². The van der Waals surface area contributed by atoms with E-state index in [9.17, 15) is 5.26 Å². The molecule has 1 saturated heterocycles. The van der Waals surface area contributed by atoms with E-state index in [1.165, 1.54) is 0 Å². The largest absolute Gasteiger partial charge is 0.354 e. The average molecular weight is 294 g/mol. The summed E-state index contributed by atoms with van der Waals surface area (Å²) in [6.07, 6.45) is 4.94. The second kappa shape index (κ2) is 6.50. The molecule has 3 heterocycles. The van der Waals surface area contributed by atoms with Crippen molar-refractivity contribution < 1.29 is 0 Å². The monoisotopic (exact) mass is 294 g/mol. The number of piperazine rings is 1. The third-order valence-corrected chi connectivity index (χ3v) is 3.97. The number of anilines is 1. The molecule has 2 aromatic heterocycles. The van der Waals surface area contributed by atoms with Gasteiger partial charge in [-0.25, -0.2) is 9.97 Å². The summed E-state index contributed by atoms with van der Waals surface area (Å²) >= 11 is 0. The molecule has 2 aromatic rings. The summed E-state index contributed by atoms with van der Waals surface area (Å²) in [6, 6.07) is 7.96. The molecule has 0 amide bonds. The predicted octanol–water partition coefficient (Wildman–Crippen LogP) is 1.28. The summed E-state index contributed by atoms with van der Waals surface area (Å²) in [4.78, 5) is 17.2. The van der Waals surface area contributed by atoms with E-state index in [0.29, 0.717) is 0 Å². The highest BCUT2D eigenvalue weighted by Crippen LogP contribution is 2.24. The smallest absolute Gasteiger partial charge is 0.132 e. The van der Waals surface area contributed by atoms with Crippen LogP contribution in [0, 0.1) is 11.3 Å². The second-order valence-corrected chi connectivity index (χ2v) is 5.43. The van der Waals surface area contributed by atoms with Crippen molar-refractivity contribution in [2.24, 2.45) is 0 Å². The predicted molar refractivity (Wildman–Crippen MR) is 83.4 cm³/mol. The zero-order valence-electron chi connectivity index (χ0n) is 12.6. The molecule has 0 aromatic carbocycles. The van der Waals surface area contributed by atoms with Gasteiger partial charge in [-0.1, -0.05) is 0 Å². The molecule has 1 unspecified atom stereocenters. The van der Waals surface area contributed by atoms with Gasteiger partial charge in [0.2, 0.25) is 0 Å². The van der Waals surface area contributed by atoms with Crippen molar-refractivity contribution in [2.75, 3.05) is 38.1 Å². The van der Waals surface area contributed by atoms with E-state index >= 15 is 0 Å². The maximum absolute atomic E-state index is 9.52. The minimum Gasteiger partial charge on any atom is -0.354 e. The molecule has 1 aliphatic rings. The molecule has 0 radical (unpaired) electrons. The van der Waals surface area contributed by atoms with E-state index < -0.39 is 5.92 Å². The quantitative estimate of drug-likeness (QED) is 0.849. The van der Waals surface area contributed by atoms with Gasteiger partial charge in [0.05, 0.1) is 11.8 Å². The van der Waals surface area contributed by atoms with Crippen molar-refractivity contribution in [3.05, 3.63) is 48.2 Å². The second-order valence-electron chi connectivity index (χ2n) is 5.43. The van der Waals surface area contributed by atoms with Crippen molar-refractivity contribution in [1.82, 2.24) is 19.9 Å². The molecule has 6 heteroatoms. The Morgan fingerprint density at radius 3 is 2.55 bits per heavy atom. The summed E-state index contributed by atoms with van der Waals surface area (Å²) in [5.74, 6) is 0.504. The first-order chi connectivity index (χ1) is 10.8. The van der Waals surface area contributed by atoms with Crippen LogP contribution in [0.15, 0.2) is 36.9 Å². The fraction of sp³-hybridized carbons (Fsp3) is 0.375. The molecular weight excluding hydrogens is 276 g/mol. The van der Waals surface area contributed by atoms with Crippen LogP contribution in [-0.4, -0.2) is 53.1 Å². The fourth-order valence-electron chi connectivity index (χ4n) is 2.60. The Bertz CT molecular complexity index is 658. The van der Waals surface area contributed by atoms with Crippen LogP contribution in [-0.2, 0) is 0 Å². The van der Waals surface area contributed by atoms with E-state index in [1.54, 1.807) is 18.7 Å².